The molecule has 0 aliphatic heterocycles. The Morgan fingerprint density at radius 1 is 1.30 bits per heavy atom. The standard InChI is InChI=1S/C11H8Cl2N4O3/c1-5-10(14)15-4-16-11(5)20-9-7(12)2-6(17(18)19)3-8(9)13/h2-4H,1H3,(H2,14,15,16). The van der Waals surface area contributed by atoms with Crippen LogP contribution in [0.3, 0.4) is 0 Å². The predicted molar refractivity (Wildman–Crippen MR) is 74.4 cm³/mol. The van der Waals surface area contributed by atoms with Crippen LogP contribution in [0.2, 0.25) is 10.0 Å². The quantitative estimate of drug-likeness (QED) is 0.688. The largest absolute Gasteiger partial charge is 0.435 e. The number of hydrogen-bond donors (Lipinski definition) is 1. The Labute approximate surface area is 123 Å². The lowest BCUT2D eigenvalue weighted by molar-refractivity contribution is -0.384. The fourth-order valence-electron chi connectivity index (χ4n) is 1.40. The molecule has 1 heterocycles. The lowest BCUT2D eigenvalue weighted by atomic mass is 10.3. The van der Waals surface area contributed by atoms with Gasteiger partial charge in [0.25, 0.3) is 5.69 Å². The second kappa shape index (κ2) is 5.48. The first-order valence-electron chi connectivity index (χ1n) is 5.28. The van der Waals surface area contributed by atoms with Crippen LogP contribution < -0.4 is 10.5 Å². The number of nitrogen functional groups attached to an aromatic ring is 1. The molecule has 1 aromatic heterocycles. The number of nitro groups is 1. The maximum Gasteiger partial charge on any atom is 0.272 e. The van der Waals surface area contributed by atoms with E-state index in [0.29, 0.717) is 5.56 Å². The molecule has 0 saturated heterocycles. The van der Waals surface area contributed by atoms with Crippen LogP contribution in [0.5, 0.6) is 11.6 Å². The van der Waals surface area contributed by atoms with Crippen molar-refractivity contribution in [2.24, 2.45) is 0 Å². The van der Waals surface area contributed by atoms with Gasteiger partial charge in [-0.15, -0.1) is 0 Å². The molecule has 2 rings (SSSR count). The first-order valence-corrected chi connectivity index (χ1v) is 6.04. The summed E-state index contributed by atoms with van der Waals surface area (Å²) in [6.07, 6.45) is 1.23. The van der Waals surface area contributed by atoms with Crippen molar-refractivity contribution in [1.29, 1.82) is 0 Å². The summed E-state index contributed by atoms with van der Waals surface area (Å²) >= 11 is 11.9. The topological polar surface area (TPSA) is 104 Å². The highest BCUT2D eigenvalue weighted by Crippen LogP contribution is 2.39. The van der Waals surface area contributed by atoms with Gasteiger partial charge in [-0.25, -0.2) is 9.97 Å². The molecule has 0 bridgehead atoms. The monoisotopic (exact) mass is 314 g/mol. The Kier molecular flexibility index (Phi) is 3.91. The van der Waals surface area contributed by atoms with E-state index in [4.69, 9.17) is 33.7 Å². The van der Waals surface area contributed by atoms with Crippen molar-refractivity contribution < 1.29 is 9.66 Å². The van der Waals surface area contributed by atoms with Crippen LogP contribution in [0, 0.1) is 17.0 Å². The first kappa shape index (κ1) is 14.3. The number of rotatable bonds is 3. The predicted octanol–water partition coefficient (Wildman–Crippen LogP) is 3.37. The molecule has 0 aliphatic carbocycles. The van der Waals surface area contributed by atoms with Gasteiger partial charge in [0.1, 0.15) is 12.1 Å². The molecule has 104 valence electrons. The lowest BCUT2D eigenvalue weighted by Crippen LogP contribution is -2.00. The first-order chi connectivity index (χ1) is 9.40. The van der Waals surface area contributed by atoms with Gasteiger partial charge in [0.2, 0.25) is 5.88 Å². The van der Waals surface area contributed by atoms with Crippen molar-refractivity contribution in [3.63, 3.8) is 0 Å². The molecule has 0 aliphatic rings. The second-order valence-corrected chi connectivity index (χ2v) is 4.60. The van der Waals surface area contributed by atoms with Gasteiger partial charge in [-0.3, -0.25) is 10.1 Å². The number of benzene rings is 1. The highest BCUT2D eigenvalue weighted by Gasteiger charge is 2.18. The summed E-state index contributed by atoms with van der Waals surface area (Å²) in [6.45, 7) is 1.66. The Morgan fingerprint density at radius 3 is 2.45 bits per heavy atom. The number of aromatic nitrogens is 2. The molecule has 7 nitrogen and oxygen atoms in total. The van der Waals surface area contributed by atoms with Crippen molar-refractivity contribution in [1.82, 2.24) is 9.97 Å². The van der Waals surface area contributed by atoms with Crippen molar-refractivity contribution in [3.8, 4) is 11.6 Å². The molecule has 0 spiro atoms. The lowest BCUT2D eigenvalue weighted by Gasteiger charge is -2.11. The summed E-state index contributed by atoms with van der Waals surface area (Å²) in [5.74, 6) is 0.499. The highest BCUT2D eigenvalue weighted by molar-refractivity contribution is 6.37. The molecule has 0 amide bonds. The molecule has 0 atom stereocenters. The summed E-state index contributed by atoms with van der Waals surface area (Å²) in [5.41, 5.74) is 5.91. The fourth-order valence-corrected chi connectivity index (χ4v) is 1.95. The van der Waals surface area contributed by atoms with Crippen LogP contribution in [0.4, 0.5) is 11.5 Å². The number of halogens is 2. The zero-order valence-electron chi connectivity index (χ0n) is 10.1. The molecular weight excluding hydrogens is 307 g/mol. The van der Waals surface area contributed by atoms with Gasteiger partial charge in [-0.1, -0.05) is 23.2 Å². The van der Waals surface area contributed by atoms with Crippen molar-refractivity contribution >= 4 is 34.7 Å². The van der Waals surface area contributed by atoms with E-state index in [9.17, 15) is 10.1 Å². The Bertz CT molecular complexity index is 670. The molecule has 0 saturated carbocycles. The molecule has 0 unspecified atom stereocenters. The number of nitro benzene ring substituents is 1. The van der Waals surface area contributed by atoms with E-state index in [1.165, 1.54) is 6.33 Å². The highest BCUT2D eigenvalue weighted by atomic mass is 35.5. The van der Waals surface area contributed by atoms with Crippen LogP contribution in [0.1, 0.15) is 5.56 Å². The number of nitrogens with two attached hydrogens (primary N) is 1. The van der Waals surface area contributed by atoms with Gasteiger partial charge in [0.15, 0.2) is 5.75 Å². The van der Waals surface area contributed by atoms with Gasteiger partial charge in [-0.2, -0.15) is 0 Å². The van der Waals surface area contributed by atoms with Crippen LogP contribution >= 0.6 is 23.2 Å². The van der Waals surface area contributed by atoms with Crippen molar-refractivity contribution in [3.05, 3.63) is 44.2 Å². The number of non-ortho nitro benzene ring substituents is 1. The minimum Gasteiger partial charge on any atom is -0.435 e. The maximum atomic E-state index is 10.7. The van der Waals surface area contributed by atoms with Crippen molar-refractivity contribution in [2.45, 2.75) is 6.92 Å². The number of hydrogen-bond acceptors (Lipinski definition) is 6. The summed E-state index contributed by atoms with van der Waals surface area (Å²) in [6, 6.07) is 2.28. The molecule has 9 heteroatoms. The van der Waals surface area contributed by atoms with E-state index in [-0.39, 0.29) is 33.2 Å². The zero-order valence-corrected chi connectivity index (χ0v) is 11.6. The van der Waals surface area contributed by atoms with Crippen molar-refractivity contribution in [2.75, 3.05) is 5.73 Å². The van der Waals surface area contributed by atoms with Gasteiger partial charge in [0.05, 0.1) is 20.5 Å². The van der Waals surface area contributed by atoms with Crippen LogP contribution in [0.25, 0.3) is 0 Å². The molecule has 2 aromatic rings. The summed E-state index contributed by atoms with van der Waals surface area (Å²) < 4.78 is 5.47. The minimum absolute atomic E-state index is 0.000726. The van der Waals surface area contributed by atoms with Crippen LogP contribution in [-0.4, -0.2) is 14.9 Å². The molecule has 2 N–H and O–H groups in total. The SMILES string of the molecule is Cc1c(N)ncnc1Oc1c(Cl)cc([N+](=O)[O-])cc1Cl. The number of ether oxygens (including phenoxy) is 1. The summed E-state index contributed by atoms with van der Waals surface area (Å²) in [5, 5.41) is 10.7. The average molecular weight is 315 g/mol. The fraction of sp³-hybridized carbons (Fsp3) is 0.0909. The summed E-state index contributed by atoms with van der Waals surface area (Å²) in [4.78, 5) is 17.8. The van der Waals surface area contributed by atoms with E-state index >= 15 is 0 Å². The number of nitrogens with zero attached hydrogens (tertiary/aromatic N) is 3. The molecule has 0 fully saturated rings. The van der Waals surface area contributed by atoms with Gasteiger partial charge in [0, 0.05) is 12.1 Å². The van der Waals surface area contributed by atoms with Crippen LogP contribution in [-0.2, 0) is 0 Å². The number of anilines is 1. The van der Waals surface area contributed by atoms with E-state index in [0.717, 1.165) is 12.1 Å². The third kappa shape index (κ3) is 2.73. The zero-order chi connectivity index (χ0) is 14.9. The average Bonchev–Trinajstić information content (AvgIpc) is 2.38. The third-order valence-electron chi connectivity index (χ3n) is 2.47. The van der Waals surface area contributed by atoms with Gasteiger partial charge in [-0.05, 0) is 6.92 Å². The van der Waals surface area contributed by atoms with Gasteiger partial charge < -0.3 is 10.5 Å². The Balaban J connectivity index is 2.44. The summed E-state index contributed by atoms with van der Waals surface area (Å²) in [7, 11) is 0. The van der Waals surface area contributed by atoms with Crippen LogP contribution in [0.15, 0.2) is 18.5 Å². The van der Waals surface area contributed by atoms with E-state index < -0.39 is 4.92 Å². The molecule has 1 aromatic carbocycles. The smallest absolute Gasteiger partial charge is 0.272 e. The second-order valence-electron chi connectivity index (χ2n) is 3.79. The Hall–Kier alpha value is -2.12. The maximum absolute atomic E-state index is 10.7. The van der Waals surface area contributed by atoms with E-state index in [2.05, 4.69) is 9.97 Å². The normalized spacial score (nSPS) is 10.3. The van der Waals surface area contributed by atoms with E-state index in [1.54, 1.807) is 6.92 Å². The third-order valence-corrected chi connectivity index (χ3v) is 3.03. The minimum atomic E-state index is -0.602. The van der Waals surface area contributed by atoms with E-state index in [1.807, 2.05) is 0 Å². The molecule has 20 heavy (non-hydrogen) atoms. The molecule has 0 radical (unpaired) electrons. The molecular formula is C11H8Cl2N4O3. The van der Waals surface area contributed by atoms with Gasteiger partial charge >= 0.3 is 0 Å². The Morgan fingerprint density at radius 2 is 1.90 bits per heavy atom.